The van der Waals surface area contributed by atoms with Crippen LogP contribution in [0.4, 0.5) is 0 Å². The Hall–Kier alpha value is -1.10. The second-order valence-corrected chi connectivity index (χ2v) is 4.93. The first-order chi connectivity index (χ1) is 8.46. The van der Waals surface area contributed by atoms with Crippen LogP contribution in [0.2, 0.25) is 0 Å². The lowest BCUT2D eigenvalue weighted by atomic mass is 9.68. The minimum atomic E-state index is -1.33. The molecule has 1 aliphatic heterocycles. The first-order valence-corrected chi connectivity index (χ1v) is 6.25. The van der Waals surface area contributed by atoms with Crippen molar-refractivity contribution in [1.82, 2.24) is 0 Å². The SMILES string of the molecule is CC[C@@H]1OC[C@@H](C(C)C)C1(C(=O)OC)C(=O)OC. The molecule has 0 unspecified atom stereocenters. The Labute approximate surface area is 108 Å². The lowest BCUT2D eigenvalue weighted by Gasteiger charge is -2.34. The molecule has 0 N–H and O–H groups in total. The van der Waals surface area contributed by atoms with Gasteiger partial charge in [0.1, 0.15) is 0 Å². The van der Waals surface area contributed by atoms with Gasteiger partial charge in [-0.2, -0.15) is 0 Å². The van der Waals surface area contributed by atoms with Crippen molar-refractivity contribution in [2.45, 2.75) is 33.3 Å². The standard InChI is InChI=1S/C13H22O5/c1-6-10-13(11(14)16-4,12(15)17-5)9(7-18-10)8(2)3/h8-10H,6-7H2,1-5H3/t9-,10-/m0/s1. The van der Waals surface area contributed by atoms with Crippen LogP contribution in [0, 0.1) is 17.3 Å². The van der Waals surface area contributed by atoms with Crippen molar-refractivity contribution in [2.75, 3.05) is 20.8 Å². The number of carbonyl (C=O) groups excluding carboxylic acids is 2. The van der Waals surface area contributed by atoms with Gasteiger partial charge in [-0.3, -0.25) is 9.59 Å². The smallest absolute Gasteiger partial charge is 0.326 e. The zero-order chi connectivity index (χ0) is 13.9. The predicted molar refractivity (Wildman–Crippen MR) is 64.8 cm³/mol. The summed E-state index contributed by atoms with van der Waals surface area (Å²) in [7, 11) is 2.57. The maximum atomic E-state index is 12.2. The Kier molecular flexibility index (Phi) is 4.73. The third kappa shape index (κ3) is 2.00. The average molecular weight is 258 g/mol. The summed E-state index contributed by atoms with van der Waals surface area (Å²) >= 11 is 0. The molecule has 104 valence electrons. The van der Waals surface area contributed by atoms with E-state index in [4.69, 9.17) is 14.2 Å². The highest BCUT2D eigenvalue weighted by Crippen LogP contribution is 2.47. The Bertz CT molecular complexity index is 307. The molecule has 1 saturated heterocycles. The van der Waals surface area contributed by atoms with Crippen molar-refractivity contribution in [3.8, 4) is 0 Å². The van der Waals surface area contributed by atoms with Gasteiger partial charge in [-0.15, -0.1) is 0 Å². The quantitative estimate of drug-likeness (QED) is 0.563. The van der Waals surface area contributed by atoms with Gasteiger partial charge < -0.3 is 14.2 Å². The Morgan fingerprint density at radius 2 is 1.78 bits per heavy atom. The number of hydrogen-bond acceptors (Lipinski definition) is 5. The molecule has 0 amide bonds. The fourth-order valence-corrected chi connectivity index (χ4v) is 2.87. The van der Waals surface area contributed by atoms with E-state index in [9.17, 15) is 9.59 Å². The molecule has 0 radical (unpaired) electrons. The summed E-state index contributed by atoms with van der Waals surface area (Å²) < 4.78 is 15.3. The summed E-state index contributed by atoms with van der Waals surface area (Å²) in [6.07, 6.45) is 0.0813. The molecule has 18 heavy (non-hydrogen) atoms. The third-order valence-electron chi connectivity index (χ3n) is 3.79. The first-order valence-electron chi connectivity index (χ1n) is 6.25. The summed E-state index contributed by atoms with van der Waals surface area (Å²) in [5.41, 5.74) is -1.33. The zero-order valence-electron chi connectivity index (χ0n) is 11.7. The maximum Gasteiger partial charge on any atom is 0.326 e. The van der Waals surface area contributed by atoms with E-state index in [1.165, 1.54) is 14.2 Å². The topological polar surface area (TPSA) is 61.8 Å². The average Bonchev–Trinajstić information content (AvgIpc) is 2.76. The van der Waals surface area contributed by atoms with E-state index in [1.807, 2.05) is 20.8 Å². The first kappa shape index (κ1) is 15.0. The van der Waals surface area contributed by atoms with Crippen molar-refractivity contribution in [3.05, 3.63) is 0 Å². The van der Waals surface area contributed by atoms with Crippen LogP contribution in [0.3, 0.4) is 0 Å². The molecule has 0 aromatic carbocycles. The second kappa shape index (κ2) is 5.69. The summed E-state index contributed by atoms with van der Waals surface area (Å²) in [5.74, 6) is -1.21. The highest BCUT2D eigenvalue weighted by atomic mass is 16.6. The Balaban J connectivity index is 3.32. The minimum Gasteiger partial charge on any atom is -0.468 e. The highest BCUT2D eigenvalue weighted by molar-refractivity contribution is 6.01. The van der Waals surface area contributed by atoms with Crippen LogP contribution in [0.15, 0.2) is 0 Å². The monoisotopic (exact) mass is 258 g/mol. The van der Waals surface area contributed by atoms with Crippen molar-refractivity contribution in [3.63, 3.8) is 0 Å². The fraction of sp³-hybridized carbons (Fsp3) is 0.846. The Morgan fingerprint density at radius 3 is 2.11 bits per heavy atom. The predicted octanol–water partition coefficient (Wildman–Crippen LogP) is 1.40. The minimum absolute atomic E-state index is 0.125. The van der Waals surface area contributed by atoms with Gasteiger partial charge in [-0.05, 0) is 12.3 Å². The zero-order valence-corrected chi connectivity index (χ0v) is 11.7. The molecule has 1 heterocycles. The number of methoxy groups -OCH3 is 2. The lowest BCUT2D eigenvalue weighted by molar-refractivity contribution is -0.177. The Morgan fingerprint density at radius 1 is 1.28 bits per heavy atom. The molecule has 1 rings (SSSR count). The van der Waals surface area contributed by atoms with Crippen LogP contribution in [-0.2, 0) is 23.8 Å². The van der Waals surface area contributed by atoms with Crippen LogP contribution in [0.1, 0.15) is 27.2 Å². The molecule has 5 heteroatoms. The molecule has 0 spiro atoms. The molecule has 0 saturated carbocycles. The molecule has 0 bridgehead atoms. The maximum absolute atomic E-state index is 12.2. The molecule has 1 aliphatic rings. The molecule has 0 aliphatic carbocycles. The van der Waals surface area contributed by atoms with Crippen LogP contribution in [-0.4, -0.2) is 38.9 Å². The van der Waals surface area contributed by atoms with E-state index in [-0.39, 0.29) is 11.8 Å². The van der Waals surface area contributed by atoms with Crippen LogP contribution in [0.5, 0.6) is 0 Å². The largest absolute Gasteiger partial charge is 0.468 e. The molecule has 0 aromatic rings. The highest BCUT2D eigenvalue weighted by Gasteiger charge is 2.64. The number of carbonyl (C=O) groups is 2. The molecule has 5 nitrogen and oxygen atoms in total. The van der Waals surface area contributed by atoms with E-state index in [1.54, 1.807) is 0 Å². The molecule has 0 aromatic heterocycles. The normalized spacial score (nSPS) is 26.1. The van der Waals surface area contributed by atoms with E-state index < -0.39 is 23.5 Å². The summed E-state index contributed by atoms with van der Waals surface area (Å²) in [6.45, 7) is 6.19. The summed E-state index contributed by atoms with van der Waals surface area (Å²) in [6, 6.07) is 0. The van der Waals surface area contributed by atoms with Crippen LogP contribution in [0.25, 0.3) is 0 Å². The molecular formula is C13H22O5. The van der Waals surface area contributed by atoms with Gasteiger partial charge in [-0.1, -0.05) is 20.8 Å². The van der Waals surface area contributed by atoms with Crippen molar-refractivity contribution in [1.29, 1.82) is 0 Å². The van der Waals surface area contributed by atoms with Crippen LogP contribution < -0.4 is 0 Å². The number of esters is 2. The van der Waals surface area contributed by atoms with Gasteiger partial charge in [0, 0.05) is 5.92 Å². The van der Waals surface area contributed by atoms with E-state index in [0.717, 1.165) is 0 Å². The van der Waals surface area contributed by atoms with Gasteiger partial charge in [0.15, 0.2) is 5.41 Å². The lowest BCUT2D eigenvalue weighted by Crippen LogP contribution is -2.52. The third-order valence-corrected chi connectivity index (χ3v) is 3.79. The van der Waals surface area contributed by atoms with Gasteiger partial charge in [0.2, 0.25) is 0 Å². The fourth-order valence-electron chi connectivity index (χ4n) is 2.87. The van der Waals surface area contributed by atoms with E-state index in [0.29, 0.717) is 13.0 Å². The van der Waals surface area contributed by atoms with E-state index >= 15 is 0 Å². The van der Waals surface area contributed by atoms with E-state index in [2.05, 4.69) is 0 Å². The molecule has 1 fully saturated rings. The molecule has 2 atom stereocenters. The second-order valence-electron chi connectivity index (χ2n) is 4.93. The number of ether oxygens (including phenoxy) is 3. The van der Waals surface area contributed by atoms with Crippen LogP contribution >= 0.6 is 0 Å². The van der Waals surface area contributed by atoms with Crippen molar-refractivity contribution >= 4 is 11.9 Å². The molecular weight excluding hydrogens is 236 g/mol. The van der Waals surface area contributed by atoms with Crippen molar-refractivity contribution in [2.24, 2.45) is 17.3 Å². The number of rotatable bonds is 4. The summed E-state index contributed by atoms with van der Waals surface area (Å²) in [5, 5.41) is 0. The van der Waals surface area contributed by atoms with Gasteiger partial charge in [0.25, 0.3) is 0 Å². The van der Waals surface area contributed by atoms with Gasteiger partial charge >= 0.3 is 11.9 Å². The van der Waals surface area contributed by atoms with Gasteiger partial charge in [-0.25, -0.2) is 0 Å². The van der Waals surface area contributed by atoms with Gasteiger partial charge in [0.05, 0.1) is 26.9 Å². The number of hydrogen-bond donors (Lipinski definition) is 0. The summed E-state index contributed by atoms with van der Waals surface area (Å²) in [4.78, 5) is 24.4. The van der Waals surface area contributed by atoms with Crippen molar-refractivity contribution < 1.29 is 23.8 Å².